The second kappa shape index (κ2) is 11.2. The van der Waals surface area contributed by atoms with Crippen molar-refractivity contribution in [2.75, 3.05) is 13.7 Å². The van der Waals surface area contributed by atoms with Gasteiger partial charge in [-0.3, -0.25) is 4.79 Å². The van der Waals surface area contributed by atoms with Crippen molar-refractivity contribution >= 4 is 17.8 Å². The lowest BCUT2D eigenvalue weighted by molar-refractivity contribution is -0.155. The first-order valence-corrected chi connectivity index (χ1v) is 9.17. The largest absolute Gasteiger partial charge is 0.479 e. The smallest absolute Gasteiger partial charge is 0.347 e. The number of benzene rings is 2. The van der Waals surface area contributed by atoms with E-state index in [2.05, 4.69) is 5.32 Å². The Kier molecular flexibility index (Phi) is 8.39. The molecule has 0 radical (unpaired) electrons. The minimum atomic E-state index is -0.966. The average molecular weight is 410 g/mol. The number of esters is 2. The molecule has 0 unspecified atom stereocenters. The Morgan fingerprint density at radius 2 is 1.70 bits per heavy atom. The van der Waals surface area contributed by atoms with E-state index >= 15 is 0 Å². The highest BCUT2D eigenvalue weighted by molar-refractivity contribution is 5.86. The summed E-state index contributed by atoms with van der Waals surface area (Å²) in [6.45, 7) is 0.910. The zero-order valence-electron chi connectivity index (χ0n) is 16.7. The van der Waals surface area contributed by atoms with Crippen LogP contribution >= 0.6 is 0 Å². The van der Waals surface area contributed by atoms with E-state index in [1.807, 2.05) is 36.4 Å². The van der Waals surface area contributed by atoms with Crippen molar-refractivity contribution in [3.05, 3.63) is 65.7 Å². The van der Waals surface area contributed by atoms with E-state index in [1.165, 1.54) is 14.0 Å². The van der Waals surface area contributed by atoms with Gasteiger partial charge in [-0.1, -0.05) is 30.3 Å². The molecular weight excluding hydrogens is 388 g/mol. The zero-order valence-corrected chi connectivity index (χ0v) is 16.7. The fourth-order valence-electron chi connectivity index (χ4n) is 2.54. The number of nitrogens with zero attached hydrogens (tertiary/aromatic N) is 1. The van der Waals surface area contributed by atoms with E-state index < -0.39 is 36.6 Å². The summed E-state index contributed by atoms with van der Waals surface area (Å²) in [5.41, 5.74) is 1.31. The average Bonchev–Trinajstić information content (AvgIpc) is 2.77. The van der Waals surface area contributed by atoms with Gasteiger partial charge in [-0.25, -0.2) is 9.59 Å². The van der Waals surface area contributed by atoms with Gasteiger partial charge in [0.05, 0.1) is 18.7 Å². The number of ether oxygens (including phenoxy) is 3. The van der Waals surface area contributed by atoms with Gasteiger partial charge in [0.25, 0.3) is 5.91 Å². The monoisotopic (exact) mass is 410 g/mol. The minimum Gasteiger partial charge on any atom is -0.479 e. The molecule has 0 saturated carbocycles. The molecule has 2 aromatic rings. The van der Waals surface area contributed by atoms with Crippen molar-refractivity contribution in [2.45, 2.75) is 25.5 Å². The van der Waals surface area contributed by atoms with E-state index in [0.29, 0.717) is 11.3 Å². The first-order chi connectivity index (χ1) is 14.4. The van der Waals surface area contributed by atoms with Gasteiger partial charge in [0.15, 0.2) is 12.7 Å². The third kappa shape index (κ3) is 6.95. The lowest BCUT2D eigenvalue weighted by Crippen LogP contribution is -2.45. The SMILES string of the molecule is COC(=O)[C@@H](Cc1ccccc1)NC(=O)COC(=O)[C@@H](C)Oc1ccc(C#N)cc1. The maximum Gasteiger partial charge on any atom is 0.347 e. The van der Waals surface area contributed by atoms with Crippen molar-refractivity contribution in [2.24, 2.45) is 0 Å². The topological polar surface area (TPSA) is 115 Å². The molecule has 0 aromatic heterocycles. The normalized spacial score (nSPS) is 12.0. The molecule has 0 aliphatic heterocycles. The molecule has 1 N–H and O–H groups in total. The Morgan fingerprint density at radius 3 is 2.30 bits per heavy atom. The van der Waals surface area contributed by atoms with Gasteiger partial charge < -0.3 is 19.5 Å². The van der Waals surface area contributed by atoms with Crippen molar-refractivity contribution in [1.82, 2.24) is 5.32 Å². The third-order valence-electron chi connectivity index (χ3n) is 4.08. The van der Waals surface area contributed by atoms with E-state index in [-0.39, 0.29) is 6.42 Å². The number of carbonyl (C=O) groups excluding carboxylic acids is 3. The molecule has 2 atom stereocenters. The van der Waals surface area contributed by atoms with E-state index in [0.717, 1.165) is 5.56 Å². The Balaban J connectivity index is 1.85. The highest BCUT2D eigenvalue weighted by Crippen LogP contribution is 2.14. The Bertz CT molecular complexity index is 905. The van der Waals surface area contributed by atoms with E-state index in [1.54, 1.807) is 24.3 Å². The molecule has 0 fully saturated rings. The minimum absolute atomic E-state index is 0.241. The fraction of sp³-hybridized carbons (Fsp3) is 0.273. The van der Waals surface area contributed by atoms with Gasteiger partial charge in [-0.2, -0.15) is 5.26 Å². The molecule has 8 nitrogen and oxygen atoms in total. The lowest BCUT2D eigenvalue weighted by Gasteiger charge is -2.17. The van der Waals surface area contributed by atoms with Crippen molar-refractivity contribution in [3.63, 3.8) is 0 Å². The van der Waals surface area contributed by atoms with Crippen LogP contribution in [-0.4, -0.2) is 43.7 Å². The van der Waals surface area contributed by atoms with Crippen LogP contribution in [0.5, 0.6) is 5.75 Å². The first kappa shape index (κ1) is 22.4. The Morgan fingerprint density at radius 1 is 1.03 bits per heavy atom. The highest BCUT2D eigenvalue weighted by atomic mass is 16.6. The summed E-state index contributed by atoms with van der Waals surface area (Å²) in [7, 11) is 1.23. The quantitative estimate of drug-likeness (QED) is 0.627. The number of carbonyl (C=O) groups is 3. The summed E-state index contributed by atoms with van der Waals surface area (Å²) in [5.74, 6) is -1.60. The molecular formula is C22H22N2O6. The van der Waals surface area contributed by atoms with Crippen molar-refractivity contribution in [1.29, 1.82) is 5.26 Å². The molecule has 0 bridgehead atoms. The summed E-state index contributed by atoms with van der Waals surface area (Å²) in [5, 5.41) is 11.3. The van der Waals surface area contributed by atoms with Gasteiger partial charge in [-0.05, 0) is 36.8 Å². The lowest BCUT2D eigenvalue weighted by atomic mass is 10.1. The van der Waals surface area contributed by atoms with Gasteiger partial charge in [0, 0.05) is 6.42 Å². The molecule has 0 spiro atoms. The van der Waals surface area contributed by atoms with Crippen LogP contribution in [0.3, 0.4) is 0 Å². The summed E-state index contributed by atoms with van der Waals surface area (Å²) in [4.78, 5) is 36.2. The van der Waals surface area contributed by atoms with Crippen LogP contribution in [0.4, 0.5) is 0 Å². The van der Waals surface area contributed by atoms with Crippen molar-refractivity contribution < 1.29 is 28.6 Å². The number of methoxy groups -OCH3 is 1. The first-order valence-electron chi connectivity index (χ1n) is 9.17. The van der Waals surface area contributed by atoms with Crippen LogP contribution in [0.2, 0.25) is 0 Å². The molecule has 0 aliphatic rings. The van der Waals surface area contributed by atoms with Crippen LogP contribution in [0.25, 0.3) is 0 Å². The number of rotatable bonds is 9. The van der Waals surface area contributed by atoms with Crippen LogP contribution in [-0.2, 0) is 30.3 Å². The van der Waals surface area contributed by atoms with Gasteiger partial charge in [0.2, 0.25) is 0 Å². The molecule has 2 aromatic carbocycles. The predicted molar refractivity (Wildman–Crippen MR) is 106 cm³/mol. The predicted octanol–water partition coefficient (Wildman–Crippen LogP) is 1.77. The molecule has 0 heterocycles. The van der Waals surface area contributed by atoms with E-state index in [4.69, 9.17) is 19.5 Å². The standard InChI is InChI=1S/C22H22N2O6/c1-15(30-18-10-8-17(13-23)9-11-18)21(26)29-14-20(25)24-19(22(27)28-2)12-16-6-4-3-5-7-16/h3-11,15,19H,12,14H2,1-2H3,(H,24,25)/t15-,19-/m1/s1. The molecule has 2 rings (SSSR count). The maximum absolute atomic E-state index is 12.2. The second-order valence-corrected chi connectivity index (χ2v) is 6.34. The number of hydrogen-bond donors (Lipinski definition) is 1. The van der Waals surface area contributed by atoms with Crippen LogP contribution in [0, 0.1) is 11.3 Å². The molecule has 0 aliphatic carbocycles. The number of hydrogen-bond acceptors (Lipinski definition) is 7. The summed E-state index contributed by atoms with van der Waals surface area (Å²) in [6, 6.07) is 16.4. The highest BCUT2D eigenvalue weighted by Gasteiger charge is 2.23. The van der Waals surface area contributed by atoms with Gasteiger partial charge in [0.1, 0.15) is 11.8 Å². The molecule has 156 valence electrons. The third-order valence-corrected chi connectivity index (χ3v) is 4.08. The maximum atomic E-state index is 12.2. The summed E-state index contributed by atoms with van der Waals surface area (Å²) < 4.78 is 15.1. The summed E-state index contributed by atoms with van der Waals surface area (Å²) >= 11 is 0. The molecule has 1 amide bonds. The van der Waals surface area contributed by atoms with Crippen LogP contribution in [0.15, 0.2) is 54.6 Å². The number of nitrogens with one attached hydrogen (secondary N) is 1. The number of nitriles is 1. The Labute approximate surface area is 174 Å². The molecule has 30 heavy (non-hydrogen) atoms. The Hall–Kier alpha value is -3.86. The summed E-state index contributed by atoms with van der Waals surface area (Å²) in [6.07, 6.45) is -0.725. The van der Waals surface area contributed by atoms with Gasteiger partial charge in [-0.15, -0.1) is 0 Å². The molecule has 0 saturated heterocycles. The van der Waals surface area contributed by atoms with Gasteiger partial charge >= 0.3 is 11.9 Å². The van der Waals surface area contributed by atoms with Crippen LogP contribution in [0.1, 0.15) is 18.1 Å². The second-order valence-electron chi connectivity index (χ2n) is 6.34. The fourth-order valence-corrected chi connectivity index (χ4v) is 2.54. The molecule has 8 heteroatoms. The number of amides is 1. The van der Waals surface area contributed by atoms with E-state index in [9.17, 15) is 14.4 Å². The van der Waals surface area contributed by atoms with Crippen LogP contribution < -0.4 is 10.1 Å². The zero-order chi connectivity index (χ0) is 21.9. The van der Waals surface area contributed by atoms with Crippen molar-refractivity contribution in [3.8, 4) is 11.8 Å².